The van der Waals surface area contributed by atoms with Crippen LogP contribution in [0.4, 0.5) is 0 Å². The lowest BCUT2D eigenvalue weighted by atomic mass is 10.2. The molecule has 1 aromatic rings. The summed E-state index contributed by atoms with van der Waals surface area (Å²) in [5.74, 6) is 2.07. The Kier molecular flexibility index (Phi) is 7.56. The van der Waals surface area contributed by atoms with Crippen molar-refractivity contribution in [3.05, 3.63) is 28.8 Å². The molecule has 0 atom stereocenters. The third kappa shape index (κ3) is 5.98. The van der Waals surface area contributed by atoms with Gasteiger partial charge in [0.25, 0.3) is 0 Å². The minimum atomic E-state index is 0.452. The number of hydrogen-bond donors (Lipinski definition) is 1. The van der Waals surface area contributed by atoms with Gasteiger partial charge in [-0.05, 0) is 36.6 Å². The van der Waals surface area contributed by atoms with E-state index >= 15 is 0 Å². The minimum Gasteiger partial charge on any atom is -0.493 e. The maximum Gasteiger partial charge on any atom is 0.123 e. The molecular formula is C14H22ClNOS. The van der Waals surface area contributed by atoms with Gasteiger partial charge in [0, 0.05) is 23.2 Å². The normalized spacial score (nSPS) is 10.9. The molecule has 0 radical (unpaired) electrons. The predicted octanol–water partition coefficient (Wildman–Crippen LogP) is 3.97. The van der Waals surface area contributed by atoms with Crippen LogP contribution in [-0.2, 0) is 6.54 Å². The van der Waals surface area contributed by atoms with Gasteiger partial charge in [-0.2, -0.15) is 11.8 Å². The smallest absolute Gasteiger partial charge is 0.123 e. The summed E-state index contributed by atoms with van der Waals surface area (Å²) in [4.78, 5) is 0. The number of nitrogens with one attached hydrogen (secondary N) is 1. The van der Waals surface area contributed by atoms with Gasteiger partial charge in [0.15, 0.2) is 0 Å². The molecule has 102 valence electrons. The molecule has 1 aromatic carbocycles. The maximum absolute atomic E-state index is 6.03. The summed E-state index contributed by atoms with van der Waals surface area (Å²) in [5.41, 5.74) is 1.13. The fourth-order valence-corrected chi connectivity index (χ4v) is 2.13. The molecular weight excluding hydrogens is 266 g/mol. The van der Waals surface area contributed by atoms with Gasteiger partial charge in [-0.15, -0.1) is 0 Å². The van der Waals surface area contributed by atoms with Gasteiger partial charge >= 0.3 is 0 Å². The Hall–Kier alpha value is -0.380. The molecule has 0 unspecified atom stereocenters. The Morgan fingerprint density at radius 3 is 2.83 bits per heavy atom. The molecule has 0 bridgehead atoms. The largest absolute Gasteiger partial charge is 0.493 e. The van der Waals surface area contributed by atoms with Crippen LogP contribution in [0, 0.1) is 0 Å². The zero-order chi connectivity index (χ0) is 13.4. The van der Waals surface area contributed by atoms with Crippen molar-refractivity contribution in [1.82, 2.24) is 5.32 Å². The van der Waals surface area contributed by atoms with Gasteiger partial charge in [-0.1, -0.05) is 25.4 Å². The van der Waals surface area contributed by atoms with Crippen LogP contribution in [0.25, 0.3) is 0 Å². The average Bonchev–Trinajstić information content (AvgIpc) is 2.34. The van der Waals surface area contributed by atoms with Crippen LogP contribution in [0.5, 0.6) is 5.75 Å². The Labute approximate surface area is 119 Å². The molecule has 0 aromatic heterocycles. The molecule has 1 N–H and O–H groups in total. The molecule has 0 saturated heterocycles. The third-order valence-electron chi connectivity index (χ3n) is 2.47. The first-order valence-corrected chi connectivity index (χ1v) is 8.04. The molecule has 0 heterocycles. The van der Waals surface area contributed by atoms with Crippen molar-refractivity contribution in [2.24, 2.45) is 0 Å². The van der Waals surface area contributed by atoms with Gasteiger partial charge < -0.3 is 10.1 Å². The molecule has 0 aliphatic rings. The number of hydrogen-bond acceptors (Lipinski definition) is 3. The average molecular weight is 288 g/mol. The van der Waals surface area contributed by atoms with Crippen molar-refractivity contribution in [3.63, 3.8) is 0 Å². The lowest BCUT2D eigenvalue weighted by Crippen LogP contribution is -2.22. The first kappa shape index (κ1) is 15.7. The summed E-state index contributed by atoms with van der Waals surface area (Å²) in [6, 6.07) is 6.26. The highest BCUT2D eigenvalue weighted by atomic mass is 35.5. The topological polar surface area (TPSA) is 21.3 Å². The monoisotopic (exact) mass is 287 g/mol. The van der Waals surface area contributed by atoms with Crippen LogP contribution in [-0.4, -0.2) is 24.7 Å². The van der Waals surface area contributed by atoms with Crippen LogP contribution >= 0.6 is 23.4 Å². The van der Waals surface area contributed by atoms with E-state index in [2.05, 4.69) is 25.4 Å². The Morgan fingerprint density at radius 1 is 1.39 bits per heavy atom. The van der Waals surface area contributed by atoms with E-state index in [0.29, 0.717) is 6.04 Å². The summed E-state index contributed by atoms with van der Waals surface area (Å²) in [7, 11) is 0. The van der Waals surface area contributed by atoms with Crippen molar-refractivity contribution in [2.45, 2.75) is 32.9 Å². The van der Waals surface area contributed by atoms with Gasteiger partial charge in [-0.3, -0.25) is 0 Å². The van der Waals surface area contributed by atoms with Crippen molar-refractivity contribution in [1.29, 1.82) is 0 Å². The number of thioether (sulfide) groups is 1. The van der Waals surface area contributed by atoms with Gasteiger partial charge in [0.1, 0.15) is 5.75 Å². The van der Waals surface area contributed by atoms with Crippen LogP contribution < -0.4 is 10.1 Å². The fourth-order valence-electron chi connectivity index (χ4n) is 1.53. The van der Waals surface area contributed by atoms with Crippen LogP contribution in [0.1, 0.15) is 25.8 Å². The van der Waals surface area contributed by atoms with Crippen LogP contribution in [0.3, 0.4) is 0 Å². The fraction of sp³-hybridized carbons (Fsp3) is 0.571. The first-order chi connectivity index (χ1) is 8.63. The molecule has 0 aliphatic heterocycles. The van der Waals surface area contributed by atoms with Crippen molar-refractivity contribution < 1.29 is 4.74 Å². The lowest BCUT2D eigenvalue weighted by molar-refractivity contribution is 0.314. The second-order valence-corrected chi connectivity index (χ2v) is 5.90. The Morgan fingerprint density at radius 2 is 2.17 bits per heavy atom. The molecule has 1 rings (SSSR count). The first-order valence-electron chi connectivity index (χ1n) is 6.27. The highest BCUT2D eigenvalue weighted by molar-refractivity contribution is 7.98. The summed E-state index contributed by atoms with van der Waals surface area (Å²) in [6.45, 7) is 5.81. The molecule has 0 aliphatic carbocycles. The Balaban J connectivity index is 2.58. The van der Waals surface area contributed by atoms with E-state index in [1.807, 2.05) is 30.0 Å². The quantitative estimate of drug-likeness (QED) is 0.731. The maximum atomic E-state index is 6.03. The van der Waals surface area contributed by atoms with E-state index < -0.39 is 0 Å². The van der Waals surface area contributed by atoms with Crippen molar-refractivity contribution in [3.8, 4) is 5.75 Å². The van der Waals surface area contributed by atoms with Crippen molar-refractivity contribution in [2.75, 3.05) is 18.6 Å². The van der Waals surface area contributed by atoms with E-state index in [0.717, 1.165) is 41.7 Å². The van der Waals surface area contributed by atoms with Gasteiger partial charge in [0.2, 0.25) is 0 Å². The third-order valence-corrected chi connectivity index (χ3v) is 3.41. The molecule has 4 heteroatoms. The van der Waals surface area contributed by atoms with E-state index in [9.17, 15) is 0 Å². The number of rotatable bonds is 8. The SMILES string of the molecule is CSCCCOc1ccc(Cl)cc1CNC(C)C. The molecule has 0 fully saturated rings. The molecule has 2 nitrogen and oxygen atoms in total. The van der Waals surface area contributed by atoms with Crippen LogP contribution in [0.2, 0.25) is 5.02 Å². The van der Waals surface area contributed by atoms with E-state index in [1.54, 1.807) is 0 Å². The highest BCUT2D eigenvalue weighted by Crippen LogP contribution is 2.23. The van der Waals surface area contributed by atoms with E-state index in [4.69, 9.17) is 16.3 Å². The second-order valence-electron chi connectivity index (χ2n) is 4.48. The number of ether oxygens (including phenoxy) is 1. The Bertz CT molecular complexity index is 358. The summed E-state index contributed by atoms with van der Waals surface area (Å²) < 4.78 is 5.81. The van der Waals surface area contributed by atoms with Gasteiger partial charge in [0.05, 0.1) is 6.61 Å². The summed E-state index contributed by atoms with van der Waals surface area (Å²) in [5, 5.41) is 4.14. The summed E-state index contributed by atoms with van der Waals surface area (Å²) in [6.07, 6.45) is 3.18. The molecule has 0 spiro atoms. The van der Waals surface area contributed by atoms with Crippen LogP contribution in [0.15, 0.2) is 18.2 Å². The van der Waals surface area contributed by atoms with E-state index in [-0.39, 0.29) is 0 Å². The van der Waals surface area contributed by atoms with Crippen molar-refractivity contribution >= 4 is 23.4 Å². The minimum absolute atomic E-state index is 0.452. The summed E-state index contributed by atoms with van der Waals surface area (Å²) >= 11 is 7.87. The highest BCUT2D eigenvalue weighted by Gasteiger charge is 2.05. The molecule has 0 amide bonds. The number of halogens is 1. The molecule has 18 heavy (non-hydrogen) atoms. The molecule has 0 saturated carbocycles. The predicted molar refractivity (Wildman–Crippen MR) is 81.9 cm³/mol. The van der Waals surface area contributed by atoms with E-state index in [1.165, 1.54) is 0 Å². The zero-order valence-electron chi connectivity index (χ0n) is 11.3. The lowest BCUT2D eigenvalue weighted by Gasteiger charge is -2.14. The number of benzene rings is 1. The second kappa shape index (κ2) is 8.68. The zero-order valence-corrected chi connectivity index (χ0v) is 12.9. The standard InChI is InChI=1S/C14H22ClNOS/c1-11(2)16-10-12-9-13(15)5-6-14(12)17-7-4-8-18-3/h5-6,9,11,16H,4,7-8,10H2,1-3H3. The van der Waals surface area contributed by atoms with Gasteiger partial charge in [-0.25, -0.2) is 0 Å².